The van der Waals surface area contributed by atoms with Crippen LogP contribution in [0.15, 0.2) is 30.3 Å². The number of benzene rings is 1. The minimum Gasteiger partial charge on any atom is -0.313 e. The summed E-state index contributed by atoms with van der Waals surface area (Å²) in [6.07, 6.45) is 1.59. The molecule has 184 valence electrons. The van der Waals surface area contributed by atoms with Gasteiger partial charge in [-0.1, -0.05) is 30.3 Å². The van der Waals surface area contributed by atoms with E-state index in [4.69, 9.17) is 5.21 Å². The van der Waals surface area contributed by atoms with Crippen LogP contribution in [0.2, 0.25) is 0 Å². The molecule has 1 aromatic carbocycles. The molecule has 2 rings (SSSR count). The second-order valence-corrected chi connectivity index (χ2v) is 10.9. The van der Waals surface area contributed by atoms with E-state index in [1.807, 2.05) is 30.3 Å². The predicted molar refractivity (Wildman–Crippen MR) is 123 cm³/mol. The fourth-order valence-corrected chi connectivity index (χ4v) is 5.19. The summed E-state index contributed by atoms with van der Waals surface area (Å²) < 4.78 is 28.1. The van der Waals surface area contributed by atoms with Gasteiger partial charge in [-0.05, 0) is 52.0 Å². The maximum absolute atomic E-state index is 12.8. The minimum atomic E-state index is -3.85. The van der Waals surface area contributed by atoms with Crippen LogP contribution < -0.4 is 10.2 Å². The zero-order valence-corrected chi connectivity index (χ0v) is 20.4. The third-order valence-electron chi connectivity index (χ3n) is 6.31. The Balaban J connectivity index is 1.94. The van der Waals surface area contributed by atoms with Crippen molar-refractivity contribution in [3.63, 3.8) is 0 Å². The number of nitrogens with one attached hydrogen (secondary N) is 2. The highest BCUT2D eigenvalue weighted by Gasteiger charge is 2.49. The zero-order valence-electron chi connectivity index (χ0n) is 19.6. The highest BCUT2D eigenvalue weighted by Crippen LogP contribution is 2.27. The van der Waals surface area contributed by atoms with Gasteiger partial charge in [0.25, 0.3) is 5.91 Å². The quantitative estimate of drug-likeness (QED) is 0.179. The Morgan fingerprint density at radius 1 is 1.15 bits per heavy atom. The average Bonchev–Trinajstić information content (AvgIpc) is 2.93. The second-order valence-electron chi connectivity index (χ2n) is 8.82. The highest BCUT2D eigenvalue weighted by atomic mass is 32.2. The van der Waals surface area contributed by atoms with E-state index in [9.17, 15) is 22.8 Å². The number of nitrogens with zero attached hydrogens (tertiary/aromatic N) is 2. The lowest BCUT2D eigenvalue weighted by atomic mass is 9.98. The number of carbonyl (C=O) groups is 3. The fraction of sp³-hybridized carbons (Fsp3) is 0.591. The van der Waals surface area contributed by atoms with Gasteiger partial charge in [0.1, 0.15) is 5.54 Å². The van der Waals surface area contributed by atoms with Crippen molar-refractivity contribution in [1.82, 2.24) is 20.0 Å². The lowest BCUT2D eigenvalue weighted by Gasteiger charge is -2.23. The Labute approximate surface area is 195 Å². The summed E-state index contributed by atoms with van der Waals surface area (Å²) >= 11 is 0. The van der Waals surface area contributed by atoms with Crippen molar-refractivity contribution in [3.8, 4) is 0 Å². The SMILES string of the molecule is CC(C(CCCN1C(=O)N(C)C(C)(C)C1=O)C(=O)NO)S(=O)(=O)NCCCc1ccccc1. The molecular formula is C22H34N4O6S. The van der Waals surface area contributed by atoms with Gasteiger partial charge in [-0.25, -0.2) is 23.4 Å². The monoisotopic (exact) mass is 482 g/mol. The molecule has 4 amide bonds. The molecule has 0 aromatic heterocycles. The van der Waals surface area contributed by atoms with Crippen molar-refractivity contribution in [3.05, 3.63) is 35.9 Å². The Bertz CT molecular complexity index is 951. The highest BCUT2D eigenvalue weighted by molar-refractivity contribution is 7.90. The number of likely N-dealkylation sites (N-methyl/N-ethyl adjacent to an activating group) is 1. The first-order valence-corrected chi connectivity index (χ1v) is 12.5. The maximum Gasteiger partial charge on any atom is 0.327 e. The van der Waals surface area contributed by atoms with Crippen LogP contribution >= 0.6 is 0 Å². The van der Waals surface area contributed by atoms with Gasteiger partial charge in [0.15, 0.2) is 0 Å². The van der Waals surface area contributed by atoms with Crippen molar-refractivity contribution in [2.45, 2.75) is 57.2 Å². The number of urea groups is 1. The molecule has 0 bridgehead atoms. The topological polar surface area (TPSA) is 136 Å². The summed E-state index contributed by atoms with van der Waals surface area (Å²) in [6, 6.07) is 9.24. The molecule has 2 unspecified atom stereocenters. The number of hydrogen-bond acceptors (Lipinski definition) is 6. The third-order valence-corrected chi connectivity index (χ3v) is 8.23. The van der Waals surface area contributed by atoms with E-state index in [1.165, 1.54) is 17.3 Å². The Morgan fingerprint density at radius 2 is 1.79 bits per heavy atom. The number of hydrogen-bond donors (Lipinski definition) is 3. The Hall–Kier alpha value is -2.50. The average molecular weight is 483 g/mol. The predicted octanol–water partition coefficient (Wildman–Crippen LogP) is 1.50. The normalized spacial score (nSPS) is 17.8. The van der Waals surface area contributed by atoms with Gasteiger partial charge in [0, 0.05) is 20.1 Å². The van der Waals surface area contributed by atoms with Crippen molar-refractivity contribution >= 4 is 27.9 Å². The third kappa shape index (κ3) is 6.30. The number of sulfonamides is 1. The molecule has 11 heteroatoms. The molecule has 3 N–H and O–H groups in total. The summed E-state index contributed by atoms with van der Waals surface area (Å²) in [6.45, 7) is 4.97. The molecule has 1 fully saturated rings. The Kier molecular flexibility index (Phi) is 8.98. The van der Waals surface area contributed by atoms with Gasteiger partial charge in [0.05, 0.1) is 11.2 Å². The summed E-state index contributed by atoms with van der Waals surface area (Å²) in [4.78, 5) is 39.5. The molecule has 0 aliphatic carbocycles. The number of rotatable bonds is 12. The van der Waals surface area contributed by atoms with E-state index in [2.05, 4.69) is 4.72 Å². The second kappa shape index (κ2) is 11.1. The Morgan fingerprint density at radius 3 is 2.33 bits per heavy atom. The molecule has 1 aliphatic rings. The van der Waals surface area contributed by atoms with Gasteiger partial charge in [0.2, 0.25) is 15.9 Å². The maximum atomic E-state index is 12.8. The summed E-state index contributed by atoms with van der Waals surface area (Å²) in [5, 5.41) is 8.00. The number of carbonyl (C=O) groups excluding carboxylic acids is 3. The van der Waals surface area contributed by atoms with E-state index < -0.39 is 38.7 Å². The van der Waals surface area contributed by atoms with Crippen molar-refractivity contribution < 1.29 is 28.0 Å². The van der Waals surface area contributed by atoms with Gasteiger partial charge >= 0.3 is 6.03 Å². The molecule has 33 heavy (non-hydrogen) atoms. The molecule has 0 spiro atoms. The number of imide groups is 1. The van der Waals surface area contributed by atoms with Gasteiger partial charge in [-0.15, -0.1) is 0 Å². The largest absolute Gasteiger partial charge is 0.327 e. The van der Waals surface area contributed by atoms with E-state index in [0.717, 1.165) is 10.5 Å². The van der Waals surface area contributed by atoms with Crippen molar-refractivity contribution in [1.29, 1.82) is 0 Å². The molecular weight excluding hydrogens is 448 g/mol. The van der Waals surface area contributed by atoms with Crippen molar-refractivity contribution in [2.24, 2.45) is 5.92 Å². The molecule has 1 aromatic rings. The summed E-state index contributed by atoms with van der Waals surface area (Å²) in [5.74, 6) is -2.23. The lowest BCUT2D eigenvalue weighted by Crippen LogP contribution is -2.44. The summed E-state index contributed by atoms with van der Waals surface area (Å²) in [5.41, 5.74) is 1.68. The first-order chi connectivity index (χ1) is 15.4. The van der Waals surface area contributed by atoms with Gasteiger partial charge in [-0.2, -0.15) is 0 Å². The minimum absolute atomic E-state index is 0.0535. The van der Waals surface area contributed by atoms with Crippen molar-refractivity contribution in [2.75, 3.05) is 20.1 Å². The molecule has 2 atom stereocenters. The van der Waals surface area contributed by atoms with Crippen LogP contribution in [-0.4, -0.2) is 72.2 Å². The van der Waals surface area contributed by atoms with Crippen LogP contribution in [0.25, 0.3) is 0 Å². The van der Waals surface area contributed by atoms with Gasteiger partial charge < -0.3 is 4.90 Å². The molecule has 1 heterocycles. The van der Waals surface area contributed by atoms with Crippen LogP contribution in [0.5, 0.6) is 0 Å². The molecule has 1 aliphatic heterocycles. The van der Waals surface area contributed by atoms with Gasteiger partial charge in [-0.3, -0.25) is 19.7 Å². The number of hydroxylamine groups is 1. The molecule has 10 nitrogen and oxygen atoms in total. The molecule has 1 saturated heterocycles. The van der Waals surface area contributed by atoms with Crippen LogP contribution in [0.1, 0.15) is 45.6 Å². The van der Waals surface area contributed by atoms with E-state index in [0.29, 0.717) is 12.8 Å². The number of amides is 4. The molecule has 0 radical (unpaired) electrons. The smallest absolute Gasteiger partial charge is 0.313 e. The summed E-state index contributed by atoms with van der Waals surface area (Å²) in [7, 11) is -2.30. The molecule has 0 saturated carbocycles. The van der Waals surface area contributed by atoms with Crippen LogP contribution in [0.4, 0.5) is 4.79 Å². The standard InChI is InChI=1S/C22H34N4O6S/c1-16(33(31,32)23-14-8-12-17-10-6-5-7-11-17)18(19(27)24-30)13-9-15-26-20(28)22(2,3)25(4)21(26)29/h5-7,10-11,16,18,23,30H,8-9,12-15H2,1-4H3,(H,24,27). The van der Waals surface area contributed by atoms with E-state index >= 15 is 0 Å². The van der Waals surface area contributed by atoms with Crippen LogP contribution in [-0.2, 0) is 26.0 Å². The fourth-order valence-electron chi connectivity index (χ4n) is 3.81. The number of aryl methyl sites for hydroxylation is 1. The lowest BCUT2D eigenvalue weighted by molar-refractivity contribution is -0.133. The van der Waals surface area contributed by atoms with Crippen LogP contribution in [0, 0.1) is 5.92 Å². The van der Waals surface area contributed by atoms with E-state index in [-0.39, 0.29) is 31.8 Å². The first kappa shape index (κ1) is 26.7. The van der Waals surface area contributed by atoms with E-state index in [1.54, 1.807) is 20.9 Å². The van der Waals surface area contributed by atoms with Crippen LogP contribution in [0.3, 0.4) is 0 Å². The first-order valence-electron chi connectivity index (χ1n) is 11.0. The zero-order chi connectivity index (χ0) is 24.8.